The quantitative estimate of drug-likeness (QED) is 0.0904. The van der Waals surface area contributed by atoms with E-state index in [1.165, 1.54) is 0 Å². The van der Waals surface area contributed by atoms with Gasteiger partial charge in [-0.3, -0.25) is 9.59 Å². The topological polar surface area (TPSA) is 165 Å². The number of nitrogens with one attached hydrogen (secondary N) is 3. The van der Waals surface area contributed by atoms with Crippen LogP contribution < -0.4 is 20.7 Å². The molecule has 1 aromatic rings. The van der Waals surface area contributed by atoms with Crippen LogP contribution in [0.3, 0.4) is 0 Å². The van der Waals surface area contributed by atoms with Crippen LogP contribution in [0.2, 0.25) is 0 Å². The van der Waals surface area contributed by atoms with Crippen molar-refractivity contribution in [2.75, 3.05) is 39.3 Å². The van der Waals surface area contributed by atoms with Crippen LogP contribution in [0, 0.1) is 0 Å². The van der Waals surface area contributed by atoms with Crippen molar-refractivity contribution in [1.29, 1.82) is 0 Å². The Morgan fingerprint density at radius 1 is 0.607 bits per heavy atom. The lowest BCUT2D eigenvalue weighted by atomic mass is 10.0. The lowest BCUT2D eigenvalue weighted by Crippen LogP contribution is -2.48. The molecular weight excluding hydrogens is 718 g/mol. The normalized spacial score (nSPS) is 12.5. The van der Waals surface area contributed by atoms with Gasteiger partial charge in [0, 0.05) is 52.1 Å². The lowest BCUT2D eigenvalue weighted by molar-refractivity contribution is -0.129. The number of hydrogen-bond donors (Lipinski definition) is 3. The highest BCUT2D eigenvalue weighted by Crippen LogP contribution is 2.20. The maximum absolute atomic E-state index is 13.4. The molecule has 0 aliphatic heterocycles. The summed E-state index contributed by atoms with van der Waals surface area (Å²) in [6, 6.07) is 6.73. The maximum Gasteiger partial charge on any atom is 0.410 e. The van der Waals surface area contributed by atoms with E-state index in [1.54, 1.807) is 72.1 Å². The van der Waals surface area contributed by atoms with Crippen molar-refractivity contribution in [3.8, 4) is 5.75 Å². The molecule has 14 nitrogen and oxygen atoms in total. The Morgan fingerprint density at radius 2 is 1.05 bits per heavy atom. The third-order valence-corrected chi connectivity index (χ3v) is 7.50. The summed E-state index contributed by atoms with van der Waals surface area (Å²) >= 11 is 0. The van der Waals surface area contributed by atoms with Gasteiger partial charge in [0.15, 0.2) is 0 Å². The number of rotatable bonds is 20. The first-order valence-electron chi connectivity index (χ1n) is 20.0. The van der Waals surface area contributed by atoms with E-state index >= 15 is 0 Å². The van der Waals surface area contributed by atoms with Gasteiger partial charge in [-0.1, -0.05) is 19.1 Å². The molecule has 1 atom stereocenters. The molecule has 56 heavy (non-hydrogen) atoms. The summed E-state index contributed by atoms with van der Waals surface area (Å²) < 4.78 is 22.5. The molecule has 0 saturated carbocycles. The Bertz CT molecular complexity index is 1370. The van der Waals surface area contributed by atoms with Gasteiger partial charge in [0.05, 0.1) is 0 Å². The summed E-state index contributed by atoms with van der Waals surface area (Å²) in [5.74, 6) is 0.216. The second-order valence-corrected chi connectivity index (χ2v) is 18.0. The first-order chi connectivity index (χ1) is 25.8. The largest absolute Gasteiger partial charge is 0.488 e. The zero-order valence-electron chi connectivity index (χ0n) is 36.6. The second kappa shape index (κ2) is 23.1. The van der Waals surface area contributed by atoms with Crippen molar-refractivity contribution in [3.63, 3.8) is 0 Å². The molecule has 0 saturated heterocycles. The molecular formula is C42H73N5O9. The van der Waals surface area contributed by atoms with Crippen LogP contribution in [0.25, 0.3) is 0 Å². The third kappa shape index (κ3) is 24.3. The highest BCUT2D eigenvalue weighted by molar-refractivity contribution is 5.87. The van der Waals surface area contributed by atoms with Crippen LogP contribution in [0.5, 0.6) is 5.75 Å². The Labute approximate surface area is 336 Å². The van der Waals surface area contributed by atoms with E-state index in [0.717, 1.165) is 11.3 Å². The van der Waals surface area contributed by atoms with Crippen molar-refractivity contribution in [2.24, 2.45) is 0 Å². The molecule has 320 valence electrons. The van der Waals surface area contributed by atoms with Gasteiger partial charge in [-0.25, -0.2) is 14.4 Å². The van der Waals surface area contributed by atoms with Crippen LogP contribution in [-0.4, -0.2) is 108 Å². The monoisotopic (exact) mass is 792 g/mol. The lowest BCUT2D eigenvalue weighted by Gasteiger charge is -2.29. The van der Waals surface area contributed by atoms with E-state index in [9.17, 15) is 24.0 Å². The molecule has 0 aromatic heterocycles. The van der Waals surface area contributed by atoms with Crippen molar-refractivity contribution >= 4 is 30.1 Å². The Balaban J connectivity index is 2.87. The molecule has 0 fully saturated rings. The van der Waals surface area contributed by atoms with Crippen molar-refractivity contribution in [3.05, 3.63) is 29.8 Å². The van der Waals surface area contributed by atoms with E-state index in [4.69, 9.17) is 18.9 Å². The zero-order valence-corrected chi connectivity index (χ0v) is 36.6. The molecule has 1 aromatic carbocycles. The molecule has 14 heteroatoms. The number of unbranched alkanes of at least 4 members (excludes halogenated alkanes) is 1. The fourth-order valence-electron chi connectivity index (χ4n) is 5.21. The summed E-state index contributed by atoms with van der Waals surface area (Å²) in [6.07, 6.45) is 1.94. The van der Waals surface area contributed by atoms with Gasteiger partial charge in [-0.2, -0.15) is 0 Å². The van der Waals surface area contributed by atoms with Crippen LogP contribution in [-0.2, 0) is 30.2 Å². The van der Waals surface area contributed by atoms with E-state index in [2.05, 4.69) is 16.0 Å². The standard InChI is InChI=1S/C42H73N5O9/c1-14-19-34(48)45-33(30-31-20-22-32(23-21-31)53-39(2,3)4)35(49)43-24-17-28-46(37(51)55-41(8,9)10)26-15-16-27-47(38(52)56-42(11,12)13)29-18-25-44-36(50)54-40(5,6)7/h20-23,33H,14-19,24-30H2,1-13H3,(H,43,49)(H,44,50)(H,45,48)/t33-/m0/s1. The molecule has 5 amide bonds. The number of carbonyl (C=O) groups is 5. The SMILES string of the molecule is CCCC(=O)N[C@@H](Cc1ccc(OC(C)(C)C)cc1)C(=O)NCCCN(CCCCN(CCCNC(=O)OC(C)(C)C)C(=O)OC(C)(C)C)C(=O)OC(C)(C)C. The van der Waals surface area contributed by atoms with Gasteiger partial charge in [0.1, 0.15) is 34.2 Å². The Kier molecular flexibility index (Phi) is 20.5. The van der Waals surface area contributed by atoms with Gasteiger partial charge in [-0.15, -0.1) is 0 Å². The summed E-state index contributed by atoms with van der Waals surface area (Å²) in [7, 11) is 0. The summed E-state index contributed by atoms with van der Waals surface area (Å²) in [4.78, 5) is 67.5. The molecule has 0 aliphatic rings. The first-order valence-corrected chi connectivity index (χ1v) is 20.0. The summed E-state index contributed by atoms with van der Waals surface area (Å²) in [5.41, 5.74) is -1.46. The maximum atomic E-state index is 13.4. The number of nitrogens with zero attached hydrogens (tertiary/aromatic N) is 2. The molecule has 3 N–H and O–H groups in total. The molecule has 0 bridgehead atoms. The van der Waals surface area contributed by atoms with Crippen molar-refractivity contribution in [1.82, 2.24) is 25.8 Å². The van der Waals surface area contributed by atoms with Crippen molar-refractivity contribution in [2.45, 2.75) is 163 Å². The first kappa shape index (κ1) is 49.8. The van der Waals surface area contributed by atoms with E-state index < -0.39 is 41.1 Å². The average molecular weight is 792 g/mol. The van der Waals surface area contributed by atoms with E-state index in [-0.39, 0.29) is 24.0 Å². The molecule has 1 rings (SSSR count). The molecule has 0 heterocycles. The molecule has 0 aliphatic carbocycles. The predicted molar refractivity (Wildman–Crippen MR) is 219 cm³/mol. The van der Waals surface area contributed by atoms with Crippen LogP contribution in [0.4, 0.5) is 14.4 Å². The van der Waals surface area contributed by atoms with Crippen molar-refractivity contribution < 1.29 is 42.9 Å². The Morgan fingerprint density at radius 3 is 1.48 bits per heavy atom. The van der Waals surface area contributed by atoms with Gasteiger partial charge in [0.2, 0.25) is 11.8 Å². The zero-order chi connectivity index (χ0) is 42.7. The minimum Gasteiger partial charge on any atom is -0.488 e. The molecule has 0 spiro atoms. The number of alkyl carbamates (subject to hydrolysis) is 1. The minimum atomic E-state index is -0.772. The number of ether oxygens (including phenoxy) is 4. The predicted octanol–water partition coefficient (Wildman–Crippen LogP) is 7.37. The number of benzene rings is 1. The third-order valence-electron chi connectivity index (χ3n) is 7.50. The van der Waals surface area contributed by atoms with Gasteiger partial charge in [-0.05, 0) is 133 Å². The summed E-state index contributed by atoms with van der Waals surface area (Å²) in [5, 5.41) is 8.54. The number of carbonyl (C=O) groups excluding carboxylic acids is 5. The Hall–Kier alpha value is -4.23. The number of hydrogen-bond acceptors (Lipinski definition) is 9. The average Bonchev–Trinajstić information content (AvgIpc) is 3.02. The minimum absolute atomic E-state index is 0.195. The summed E-state index contributed by atoms with van der Waals surface area (Å²) in [6.45, 7) is 26.1. The van der Waals surface area contributed by atoms with Crippen LogP contribution in [0.1, 0.15) is 134 Å². The van der Waals surface area contributed by atoms with E-state index in [0.29, 0.717) is 77.7 Å². The molecule has 0 unspecified atom stereocenters. The van der Waals surface area contributed by atoms with Gasteiger partial charge in [0.25, 0.3) is 0 Å². The van der Waals surface area contributed by atoms with E-state index in [1.807, 2.05) is 52.0 Å². The van der Waals surface area contributed by atoms with Crippen LogP contribution >= 0.6 is 0 Å². The number of amides is 5. The fraction of sp³-hybridized carbons (Fsp3) is 0.738. The second-order valence-electron chi connectivity index (χ2n) is 18.0. The fourth-order valence-corrected chi connectivity index (χ4v) is 5.21. The van der Waals surface area contributed by atoms with Gasteiger partial charge < -0.3 is 44.7 Å². The van der Waals surface area contributed by atoms with Crippen LogP contribution in [0.15, 0.2) is 24.3 Å². The molecule has 0 radical (unpaired) electrons. The van der Waals surface area contributed by atoms with Gasteiger partial charge >= 0.3 is 18.3 Å². The smallest absolute Gasteiger partial charge is 0.410 e. The highest BCUT2D eigenvalue weighted by Gasteiger charge is 2.25. The highest BCUT2D eigenvalue weighted by atomic mass is 16.6.